The third kappa shape index (κ3) is 6.78. The number of nitrogens with zero attached hydrogens (tertiary/aromatic N) is 3. The van der Waals surface area contributed by atoms with Gasteiger partial charge in [-0.2, -0.15) is 0 Å². The van der Waals surface area contributed by atoms with E-state index in [1.165, 1.54) is 11.8 Å². The number of nitrogens with one attached hydrogen (secondary N) is 2. The highest BCUT2D eigenvalue weighted by atomic mass is 32.2. The average molecular weight is 512 g/mol. The summed E-state index contributed by atoms with van der Waals surface area (Å²) in [7, 11) is 1.58. The maximum Gasteiger partial charge on any atom is 0.251 e. The molecular formula is C26H33N5O4S. The van der Waals surface area contributed by atoms with Crippen LogP contribution in [0.25, 0.3) is 0 Å². The normalized spacial score (nSPS) is 11.7. The molecule has 192 valence electrons. The number of methoxy groups -OCH3 is 1. The van der Waals surface area contributed by atoms with Crippen molar-refractivity contribution in [1.29, 1.82) is 0 Å². The van der Waals surface area contributed by atoms with Gasteiger partial charge < -0.3 is 24.7 Å². The maximum absolute atomic E-state index is 12.9. The number of ether oxygens (including phenoxy) is 2. The summed E-state index contributed by atoms with van der Waals surface area (Å²) in [6, 6.07) is 13.9. The van der Waals surface area contributed by atoms with Gasteiger partial charge in [0, 0.05) is 12.1 Å². The Morgan fingerprint density at radius 2 is 1.78 bits per heavy atom. The third-order valence-electron chi connectivity index (χ3n) is 5.44. The van der Waals surface area contributed by atoms with Crippen LogP contribution in [0.5, 0.6) is 11.5 Å². The molecule has 1 atom stereocenters. The van der Waals surface area contributed by atoms with E-state index in [1.807, 2.05) is 50.5 Å². The Kier molecular flexibility index (Phi) is 9.75. The predicted molar refractivity (Wildman–Crippen MR) is 141 cm³/mol. The van der Waals surface area contributed by atoms with Crippen molar-refractivity contribution in [3.05, 3.63) is 59.9 Å². The highest BCUT2D eigenvalue weighted by molar-refractivity contribution is 7.99. The summed E-state index contributed by atoms with van der Waals surface area (Å²) in [5.41, 5.74) is 1.16. The quantitative estimate of drug-likeness (QED) is 0.343. The summed E-state index contributed by atoms with van der Waals surface area (Å²) in [5, 5.41) is 15.3. The van der Waals surface area contributed by atoms with E-state index in [9.17, 15) is 9.59 Å². The lowest BCUT2D eigenvalue weighted by atomic mass is 10.0. The minimum absolute atomic E-state index is 0.0675. The number of rotatable bonds is 12. The van der Waals surface area contributed by atoms with Gasteiger partial charge in [-0.05, 0) is 56.2 Å². The van der Waals surface area contributed by atoms with Crippen molar-refractivity contribution < 1.29 is 19.1 Å². The zero-order valence-corrected chi connectivity index (χ0v) is 22.1. The van der Waals surface area contributed by atoms with E-state index in [1.54, 1.807) is 37.4 Å². The largest absolute Gasteiger partial charge is 0.497 e. The van der Waals surface area contributed by atoms with Gasteiger partial charge in [-0.1, -0.05) is 37.7 Å². The monoisotopic (exact) mass is 511 g/mol. The first-order valence-electron chi connectivity index (χ1n) is 11.9. The molecule has 0 aliphatic heterocycles. The van der Waals surface area contributed by atoms with Crippen LogP contribution in [0.3, 0.4) is 0 Å². The molecule has 9 nitrogen and oxygen atoms in total. The number of para-hydroxylation sites is 2. The van der Waals surface area contributed by atoms with Gasteiger partial charge in [0.1, 0.15) is 11.5 Å². The number of hydrogen-bond acceptors (Lipinski definition) is 7. The fourth-order valence-electron chi connectivity index (χ4n) is 3.60. The average Bonchev–Trinajstić information content (AvgIpc) is 3.29. The summed E-state index contributed by atoms with van der Waals surface area (Å²) in [6.07, 6.45) is 0. The van der Waals surface area contributed by atoms with Crippen LogP contribution in [0.15, 0.2) is 53.7 Å². The summed E-state index contributed by atoms with van der Waals surface area (Å²) in [6.45, 7) is 9.02. The molecule has 0 radical (unpaired) electrons. The molecule has 36 heavy (non-hydrogen) atoms. The number of hydrogen-bond donors (Lipinski definition) is 2. The first-order chi connectivity index (χ1) is 17.4. The Morgan fingerprint density at radius 1 is 1.06 bits per heavy atom. The van der Waals surface area contributed by atoms with Gasteiger partial charge in [-0.25, -0.2) is 0 Å². The molecule has 0 aliphatic carbocycles. The zero-order chi connectivity index (χ0) is 26.1. The minimum Gasteiger partial charge on any atom is -0.497 e. The molecule has 2 N–H and O–H groups in total. The van der Waals surface area contributed by atoms with Crippen molar-refractivity contribution in [3.63, 3.8) is 0 Å². The van der Waals surface area contributed by atoms with E-state index in [0.29, 0.717) is 46.9 Å². The number of amides is 2. The van der Waals surface area contributed by atoms with Gasteiger partial charge in [0.15, 0.2) is 11.0 Å². The fourth-order valence-corrected chi connectivity index (χ4v) is 4.41. The fraction of sp³-hybridized carbons (Fsp3) is 0.385. The summed E-state index contributed by atoms with van der Waals surface area (Å²) >= 11 is 1.30. The van der Waals surface area contributed by atoms with Crippen LogP contribution in [-0.4, -0.2) is 46.0 Å². The van der Waals surface area contributed by atoms with E-state index in [0.717, 1.165) is 0 Å². The maximum atomic E-state index is 12.9. The molecular weight excluding hydrogens is 478 g/mol. The molecule has 0 fully saturated rings. The lowest BCUT2D eigenvalue weighted by Gasteiger charge is -2.22. The molecule has 3 aromatic rings. The van der Waals surface area contributed by atoms with Crippen molar-refractivity contribution in [2.75, 3.05) is 24.8 Å². The van der Waals surface area contributed by atoms with Crippen molar-refractivity contribution in [2.24, 2.45) is 5.92 Å². The van der Waals surface area contributed by atoms with Gasteiger partial charge in [-0.3, -0.25) is 9.59 Å². The number of anilines is 1. The number of carbonyl (C=O) groups is 2. The standard InChI is InChI=1S/C26H33N5O4S/c1-6-31-24(23(17(3)4)28-25(33)18-12-14-19(34-5)15-13-18)29-30-26(31)36-16-22(32)27-20-10-8-9-11-21(20)35-7-2/h8-15,17,23H,6-7,16H2,1-5H3,(H,27,32)(H,28,33). The van der Waals surface area contributed by atoms with E-state index in [2.05, 4.69) is 20.8 Å². The molecule has 2 amide bonds. The summed E-state index contributed by atoms with van der Waals surface area (Å²) in [4.78, 5) is 25.6. The Morgan fingerprint density at radius 3 is 2.42 bits per heavy atom. The second kappa shape index (κ2) is 13.0. The van der Waals surface area contributed by atoms with Gasteiger partial charge >= 0.3 is 0 Å². The first-order valence-corrected chi connectivity index (χ1v) is 12.9. The Balaban J connectivity index is 1.70. The molecule has 0 saturated heterocycles. The molecule has 2 aromatic carbocycles. The van der Waals surface area contributed by atoms with Crippen LogP contribution in [0.2, 0.25) is 0 Å². The van der Waals surface area contributed by atoms with Crippen molar-refractivity contribution >= 4 is 29.3 Å². The van der Waals surface area contributed by atoms with Crippen LogP contribution >= 0.6 is 11.8 Å². The Hall–Kier alpha value is -3.53. The number of thioether (sulfide) groups is 1. The molecule has 1 unspecified atom stereocenters. The highest BCUT2D eigenvalue weighted by Crippen LogP contribution is 2.27. The molecule has 0 bridgehead atoms. The Bertz CT molecular complexity index is 1160. The van der Waals surface area contributed by atoms with Crippen molar-refractivity contribution in [2.45, 2.75) is 45.4 Å². The smallest absolute Gasteiger partial charge is 0.251 e. The topological polar surface area (TPSA) is 107 Å². The molecule has 0 spiro atoms. The Labute approximate surface area is 216 Å². The van der Waals surface area contributed by atoms with Gasteiger partial charge in [0.2, 0.25) is 5.91 Å². The van der Waals surface area contributed by atoms with Crippen LogP contribution < -0.4 is 20.1 Å². The molecule has 1 aromatic heterocycles. The molecule has 10 heteroatoms. The molecule has 0 aliphatic rings. The minimum atomic E-state index is -0.353. The highest BCUT2D eigenvalue weighted by Gasteiger charge is 2.26. The summed E-state index contributed by atoms with van der Waals surface area (Å²) < 4.78 is 12.7. The van der Waals surface area contributed by atoms with Gasteiger partial charge in [0.05, 0.1) is 31.2 Å². The van der Waals surface area contributed by atoms with E-state index < -0.39 is 0 Å². The molecule has 0 saturated carbocycles. The predicted octanol–water partition coefficient (Wildman–Crippen LogP) is 4.56. The number of aromatic nitrogens is 3. The zero-order valence-electron chi connectivity index (χ0n) is 21.3. The second-order valence-corrected chi connectivity index (χ2v) is 9.22. The van der Waals surface area contributed by atoms with Gasteiger partial charge in [0.25, 0.3) is 5.91 Å². The first kappa shape index (κ1) is 27.1. The van der Waals surface area contributed by atoms with Crippen LogP contribution in [0, 0.1) is 5.92 Å². The SMILES string of the molecule is CCOc1ccccc1NC(=O)CSc1nnc(C(NC(=O)c2ccc(OC)cc2)C(C)C)n1CC. The third-order valence-corrected chi connectivity index (χ3v) is 6.41. The lowest BCUT2D eigenvalue weighted by Crippen LogP contribution is -2.33. The molecule has 1 heterocycles. The van der Waals surface area contributed by atoms with E-state index in [-0.39, 0.29) is 29.5 Å². The van der Waals surface area contributed by atoms with E-state index in [4.69, 9.17) is 9.47 Å². The van der Waals surface area contributed by atoms with Crippen LogP contribution in [-0.2, 0) is 11.3 Å². The molecule has 3 rings (SSSR count). The number of benzene rings is 2. The van der Waals surface area contributed by atoms with E-state index >= 15 is 0 Å². The van der Waals surface area contributed by atoms with Crippen LogP contribution in [0.1, 0.15) is 49.9 Å². The second-order valence-electron chi connectivity index (χ2n) is 8.27. The van der Waals surface area contributed by atoms with Gasteiger partial charge in [-0.15, -0.1) is 10.2 Å². The number of carbonyl (C=O) groups excluding carboxylic acids is 2. The van der Waals surface area contributed by atoms with Crippen molar-refractivity contribution in [1.82, 2.24) is 20.1 Å². The summed E-state index contributed by atoms with van der Waals surface area (Å²) in [5.74, 6) is 1.81. The van der Waals surface area contributed by atoms with Crippen LogP contribution in [0.4, 0.5) is 5.69 Å². The van der Waals surface area contributed by atoms with Crippen molar-refractivity contribution in [3.8, 4) is 11.5 Å². The lowest BCUT2D eigenvalue weighted by molar-refractivity contribution is -0.113.